The van der Waals surface area contributed by atoms with E-state index < -0.39 is 0 Å². The van der Waals surface area contributed by atoms with Gasteiger partial charge in [0, 0.05) is 24.3 Å². The Morgan fingerprint density at radius 1 is 1.43 bits per heavy atom. The SMILES string of the molecule is Cc1ccc(/C(N)=N/O)c(N2CCC(OCCO)CC2)c1. The lowest BCUT2D eigenvalue weighted by molar-refractivity contribution is 0.0159. The second-order valence-corrected chi connectivity index (χ2v) is 5.29. The Hall–Kier alpha value is -1.79. The molecule has 0 radical (unpaired) electrons. The standard InChI is InChI=1S/C15H23N3O3/c1-11-2-3-13(15(16)17-20)14(10-11)18-6-4-12(5-7-18)21-9-8-19/h2-3,10,12,19-20H,4-9H2,1H3,(H2,16,17). The summed E-state index contributed by atoms with van der Waals surface area (Å²) in [5.41, 5.74) is 8.64. The number of rotatable bonds is 5. The predicted octanol–water partition coefficient (Wildman–Crippen LogP) is 1.07. The number of benzene rings is 1. The molecule has 21 heavy (non-hydrogen) atoms. The van der Waals surface area contributed by atoms with Crippen LogP contribution in [0.1, 0.15) is 24.0 Å². The van der Waals surface area contributed by atoms with Crippen molar-refractivity contribution < 1.29 is 15.1 Å². The predicted molar refractivity (Wildman–Crippen MR) is 82.0 cm³/mol. The fraction of sp³-hybridized carbons (Fsp3) is 0.533. The number of oxime groups is 1. The zero-order valence-corrected chi connectivity index (χ0v) is 12.3. The van der Waals surface area contributed by atoms with Crippen molar-refractivity contribution in [1.82, 2.24) is 0 Å². The highest BCUT2D eigenvalue weighted by Gasteiger charge is 2.22. The Balaban J connectivity index is 2.11. The van der Waals surface area contributed by atoms with Gasteiger partial charge in [-0.25, -0.2) is 0 Å². The normalized spacial score (nSPS) is 17.2. The number of aliphatic hydroxyl groups is 1. The van der Waals surface area contributed by atoms with Crippen molar-refractivity contribution in [3.8, 4) is 0 Å². The number of aryl methyl sites for hydroxylation is 1. The number of anilines is 1. The lowest BCUT2D eigenvalue weighted by Gasteiger charge is -2.34. The van der Waals surface area contributed by atoms with Crippen molar-refractivity contribution in [1.29, 1.82) is 0 Å². The summed E-state index contributed by atoms with van der Waals surface area (Å²) >= 11 is 0. The molecule has 0 aromatic heterocycles. The molecule has 0 unspecified atom stereocenters. The largest absolute Gasteiger partial charge is 0.409 e. The Kier molecular flexibility index (Phi) is 5.41. The highest BCUT2D eigenvalue weighted by Crippen LogP contribution is 2.26. The highest BCUT2D eigenvalue weighted by molar-refractivity contribution is 6.02. The lowest BCUT2D eigenvalue weighted by atomic mass is 10.0. The molecule has 0 atom stereocenters. The van der Waals surface area contributed by atoms with Gasteiger partial charge in [-0.3, -0.25) is 0 Å². The van der Waals surface area contributed by atoms with Crippen molar-refractivity contribution in [3.05, 3.63) is 29.3 Å². The average Bonchev–Trinajstić information content (AvgIpc) is 2.52. The number of nitrogens with two attached hydrogens (primary N) is 1. The first kappa shape index (κ1) is 15.6. The van der Waals surface area contributed by atoms with Gasteiger partial charge in [0.25, 0.3) is 0 Å². The van der Waals surface area contributed by atoms with Gasteiger partial charge in [-0.1, -0.05) is 11.2 Å². The number of hydrogen-bond donors (Lipinski definition) is 3. The Morgan fingerprint density at radius 2 is 2.14 bits per heavy atom. The van der Waals surface area contributed by atoms with E-state index in [1.807, 2.05) is 19.1 Å². The molecular formula is C15H23N3O3. The van der Waals surface area contributed by atoms with Crippen LogP contribution >= 0.6 is 0 Å². The van der Waals surface area contributed by atoms with Crippen LogP contribution < -0.4 is 10.6 Å². The van der Waals surface area contributed by atoms with Gasteiger partial charge in [0.15, 0.2) is 5.84 Å². The van der Waals surface area contributed by atoms with Crippen LogP contribution in [-0.2, 0) is 4.74 Å². The third kappa shape index (κ3) is 3.86. The molecule has 4 N–H and O–H groups in total. The third-order valence-corrected chi connectivity index (χ3v) is 3.76. The molecule has 0 aliphatic carbocycles. The van der Waals surface area contributed by atoms with Crippen molar-refractivity contribution in [2.45, 2.75) is 25.9 Å². The summed E-state index contributed by atoms with van der Waals surface area (Å²) in [6, 6.07) is 5.89. The van der Waals surface area contributed by atoms with E-state index in [1.165, 1.54) is 0 Å². The fourth-order valence-electron chi connectivity index (χ4n) is 2.66. The molecule has 6 nitrogen and oxygen atoms in total. The summed E-state index contributed by atoms with van der Waals surface area (Å²) < 4.78 is 5.57. The number of amidine groups is 1. The molecule has 1 fully saturated rings. The number of piperidine rings is 1. The number of ether oxygens (including phenoxy) is 1. The molecular weight excluding hydrogens is 270 g/mol. The molecule has 0 amide bonds. The van der Waals surface area contributed by atoms with E-state index in [0.717, 1.165) is 42.7 Å². The van der Waals surface area contributed by atoms with Gasteiger partial charge in [0.05, 0.1) is 19.3 Å². The molecule has 1 heterocycles. The first-order valence-electron chi connectivity index (χ1n) is 7.21. The van der Waals surface area contributed by atoms with E-state index >= 15 is 0 Å². The van der Waals surface area contributed by atoms with Crippen LogP contribution in [0.25, 0.3) is 0 Å². The van der Waals surface area contributed by atoms with E-state index in [9.17, 15) is 0 Å². The lowest BCUT2D eigenvalue weighted by Crippen LogP contribution is -2.38. The summed E-state index contributed by atoms with van der Waals surface area (Å²) in [6.07, 6.45) is 2.01. The molecule has 1 aromatic rings. The van der Waals surface area contributed by atoms with Crippen LogP contribution in [0.15, 0.2) is 23.4 Å². The topological polar surface area (TPSA) is 91.3 Å². The van der Waals surface area contributed by atoms with E-state index in [-0.39, 0.29) is 18.5 Å². The maximum absolute atomic E-state index is 8.92. The fourth-order valence-corrected chi connectivity index (χ4v) is 2.66. The second-order valence-electron chi connectivity index (χ2n) is 5.29. The zero-order valence-electron chi connectivity index (χ0n) is 12.3. The summed E-state index contributed by atoms with van der Waals surface area (Å²) in [5, 5.41) is 20.8. The Morgan fingerprint density at radius 3 is 2.76 bits per heavy atom. The van der Waals surface area contributed by atoms with Gasteiger partial charge in [-0.15, -0.1) is 0 Å². The summed E-state index contributed by atoms with van der Waals surface area (Å²) in [4.78, 5) is 2.24. The van der Waals surface area contributed by atoms with E-state index in [2.05, 4.69) is 16.1 Å². The summed E-state index contributed by atoms with van der Waals surface area (Å²) in [5.74, 6) is 0.128. The minimum absolute atomic E-state index is 0.0613. The average molecular weight is 293 g/mol. The van der Waals surface area contributed by atoms with Crippen LogP contribution in [0, 0.1) is 6.92 Å². The minimum atomic E-state index is 0.0613. The number of aliphatic hydroxyl groups excluding tert-OH is 1. The molecule has 116 valence electrons. The van der Waals surface area contributed by atoms with Crippen LogP contribution in [0.3, 0.4) is 0 Å². The maximum Gasteiger partial charge on any atom is 0.172 e. The van der Waals surface area contributed by atoms with Crippen molar-refractivity contribution in [2.24, 2.45) is 10.9 Å². The summed E-state index contributed by atoms with van der Waals surface area (Å²) in [7, 11) is 0. The van der Waals surface area contributed by atoms with Gasteiger partial charge in [-0.05, 0) is 37.5 Å². The van der Waals surface area contributed by atoms with Gasteiger partial charge < -0.3 is 25.7 Å². The molecule has 6 heteroatoms. The van der Waals surface area contributed by atoms with Gasteiger partial charge in [0.2, 0.25) is 0 Å². The smallest absolute Gasteiger partial charge is 0.172 e. The number of nitrogens with zero attached hydrogens (tertiary/aromatic N) is 2. The minimum Gasteiger partial charge on any atom is -0.409 e. The first-order chi connectivity index (χ1) is 10.2. The van der Waals surface area contributed by atoms with Crippen LogP contribution in [0.2, 0.25) is 0 Å². The van der Waals surface area contributed by atoms with Gasteiger partial charge in [0.1, 0.15) is 0 Å². The molecule has 1 saturated heterocycles. The molecule has 1 aliphatic heterocycles. The van der Waals surface area contributed by atoms with Crippen LogP contribution in [-0.4, -0.2) is 48.6 Å². The summed E-state index contributed by atoms with van der Waals surface area (Å²) in [6.45, 7) is 4.18. The Bertz CT molecular complexity index is 497. The van der Waals surface area contributed by atoms with Gasteiger partial charge >= 0.3 is 0 Å². The second kappa shape index (κ2) is 7.28. The maximum atomic E-state index is 8.92. The van der Waals surface area contributed by atoms with E-state index in [0.29, 0.717) is 6.61 Å². The molecule has 2 rings (SSSR count). The number of hydrogen-bond acceptors (Lipinski definition) is 5. The molecule has 1 aliphatic rings. The quantitative estimate of drug-likeness (QED) is 0.327. The van der Waals surface area contributed by atoms with E-state index in [4.69, 9.17) is 20.8 Å². The third-order valence-electron chi connectivity index (χ3n) is 3.76. The molecule has 0 spiro atoms. The van der Waals surface area contributed by atoms with Crippen molar-refractivity contribution in [2.75, 3.05) is 31.2 Å². The van der Waals surface area contributed by atoms with Crippen molar-refractivity contribution >= 4 is 11.5 Å². The van der Waals surface area contributed by atoms with Crippen molar-refractivity contribution in [3.63, 3.8) is 0 Å². The van der Waals surface area contributed by atoms with Gasteiger partial charge in [-0.2, -0.15) is 0 Å². The molecule has 0 saturated carbocycles. The molecule has 0 bridgehead atoms. The Labute approximate surface area is 124 Å². The molecule has 1 aromatic carbocycles. The first-order valence-corrected chi connectivity index (χ1v) is 7.21. The van der Waals surface area contributed by atoms with Crippen LogP contribution in [0.5, 0.6) is 0 Å². The van der Waals surface area contributed by atoms with Crippen LogP contribution in [0.4, 0.5) is 5.69 Å². The van der Waals surface area contributed by atoms with E-state index in [1.54, 1.807) is 0 Å². The monoisotopic (exact) mass is 293 g/mol. The highest BCUT2D eigenvalue weighted by atomic mass is 16.5. The zero-order chi connectivity index (χ0) is 15.2.